The van der Waals surface area contributed by atoms with E-state index in [1.807, 2.05) is 61.5 Å². The molecule has 2 aromatic carbocycles. The predicted octanol–water partition coefficient (Wildman–Crippen LogP) is 4.07. The largest absolute Gasteiger partial charge is 0.857 e. The van der Waals surface area contributed by atoms with Crippen molar-refractivity contribution in [2.45, 2.75) is 20.8 Å². The lowest BCUT2D eigenvalue weighted by Crippen LogP contribution is -2.30. The normalized spacial score (nSPS) is 11.8. The number of Topliss-reactive ketones (excluding diaryl/α,β-unsaturated/α-hetero) is 1. The van der Waals surface area contributed by atoms with Gasteiger partial charge in [-0.2, -0.15) is 0 Å². The van der Waals surface area contributed by atoms with Gasteiger partial charge in [-0.3, -0.25) is 9.32 Å². The highest BCUT2D eigenvalue weighted by molar-refractivity contribution is 7.21. The Labute approximate surface area is 205 Å². The average molecular weight is 484 g/mol. The van der Waals surface area contributed by atoms with Gasteiger partial charge in [-0.05, 0) is 31.0 Å². The maximum Gasteiger partial charge on any atom is 0.321 e. The van der Waals surface area contributed by atoms with Gasteiger partial charge in [0.15, 0.2) is 5.78 Å². The summed E-state index contributed by atoms with van der Waals surface area (Å²) in [6.07, 6.45) is 1.52. The minimum absolute atomic E-state index is 0.0446. The number of ketones is 1. The minimum atomic E-state index is -0.570. The van der Waals surface area contributed by atoms with E-state index in [2.05, 4.69) is 15.2 Å². The van der Waals surface area contributed by atoms with Crippen molar-refractivity contribution < 1.29 is 19.1 Å². The van der Waals surface area contributed by atoms with Crippen LogP contribution in [0.3, 0.4) is 0 Å². The lowest BCUT2D eigenvalue weighted by molar-refractivity contribution is -0.670. The van der Waals surface area contributed by atoms with Crippen molar-refractivity contribution in [2.75, 3.05) is 5.73 Å². The van der Waals surface area contributed by atoms with Gasteiger partial charge in [-0.1, -0.05) is 48.0 Å². The molecule has 0 amide bonds. The molecule has 0 radical (unpaired) electrons. The standard InChI is InChI=1S/C26H21N5O3S/c1-14-8-7-9-17(12-14)21-20(16(3)32)15(2)28-26-22(21)23(27)24(35-26)25(33)29-19-13-31(30-34-19)18-10-5-4-6-11-18/h4-13H,1-3H3,(H2-,27,29,30,33). The molecule has 0 saturated heterocycles. The third-order valence-corrected chi connectivity index (χ3v) is 6.69. The second-order valence-electron chi connectivity index (χ2n) is 8.14. The molecule has 9 heteroatoms. The molecule has 0 aliphatic rings. The van der Waals surface area contributed by atoms with Crippen LogP contribution in [-0.2, 0) is 0 Å². The van der Waals surface area contributed by atoms with Gasteiger partial charge >= 0.3 is 5.88 Å². The van der Waals surface area contributed by atoms with Crippen molar-refractivity contribution in [3.05, 3.63) is 82.5 Å². The van der Waals surface area contributed by atoms with Gasteiger partial charge in [0.2, 0.25) is 11.0 Å². The lowest BCUT2D eigenvalue weighted by Gasteiger charge is -2.13. The maximum atomic E-state index is 13.1. The number of carbonyl (C=O) groups is 1. The van der Waals surface area contributed by atoms with Crippen LogP contribution in [0.15, 0.2) is 70.3 Å². The summed E-state index contributed by atoms with van der Waals surface area (Å²) in [6, 6.07) is 17.1. The van der Waals surface area contributed by atoms with Crippen molar-refractivity contribution >= 4 is 44.8 Å². The molecule has 8 nitrogen and oxygen atoms in total. The second kappa shape index (κ2) is 8.77. The van der Waals surface area contributed by atoms with Crippen LogP contribution >= 0.6 is 11.3 Å². The number of hydrogen-bond donors (Lipinski definition) is 1. The van der Waals surface area contributed by atoms with Crippen LogP contribution in [0.5, 0.6) is 0 Å². The van der Waals surface area contributed by atoms with Gasteiger partial charge in [-0.15, -0.1) is 11.3 Å². The summed E-state index contributed by atoms with van der Waals surface area (Å²) in [5, 5.41) is 17.6. The Morgan fingerprint density at radius 3 is 2.63 bits per heavy atom. The van der Waals surface area contributed by atoms with Crippen LogP contribution in [0.2, 0.25) is 0 Å². The van der Waals surface area contributed by atoms with E-state index in [0.29, 0.717) is 27.0 Å². The number of anilines is 1. The number of hydrogen-bond acceptors (Lipinski definition) is 8. The molecule has 5 aromatic rings. The molecule has 0 spiro atoms. The van der Waals surface area contributed by atoms with Gasteiger partial charge < -0.3 is 10.8 Å². The van der Waals surface area contributed by atoms with Gasteiger partial charge in [0.05, 0.1) is 16.3 Å². The van der Waals surface area contributed by atoms with Gasteiger partial charge in [0, 0.05) is 34.5 Å². The predicted molar refractivity (Wildman–Crippen MR) is 133 cm³/mol. The zero-order valence-corrected chi connectivity index (χ0v) is 20.1. The number of fused-ring (bicyclic) bond motifs is 1. The van der Waals surface area contributed by atoms with E-state index < -0.39 is 5.90 Å². The fourth-order valence-electron chi connectivity index (χ4n) is 4.08. The highest BCUT2D eigenvalue weighted by Gasteiger charge is 2.23. The van der Waals surface area contributed by atoms with E-state index in [4.69, 9.17) is 10.3 Å². The molecule has 0 aliphatic carbocycles. The molecular formula is C26H21N5O3S. The zero-order valence-electron chi connectivity index (χ0n) is 19.3. The first-order valence-electron chi connectivity index (χ1n) is 10.8. The first-order chi connectivity index (χ1) is 16.8. The molecule has 35 heavy (non-hydrogen) atoms. The van der Waals surface area contributed by atoms with Crippen LogP contribution < -0.4 is 15.5 Å². The minimum Gasteiger partial charge on any atom is -0.857 e. The highest BCUT2D eigenvalue weighted by Crippen LogP contribution is 2.42. The zero-order chi connectivity index (χ0) is 24.7. The second-order valence-corrected chi connectivity index (χ2v) is 9.13. The summed E-state index contributed by atoms with van der Waals surface area (Å²) in [6.45, 7) is 5.27. The molecule has 0 bridgehead atoms. The Morgan fingerprint density at radius 2 is 1.91 bits per heavy atom. The van der Waals surface area contributed by atoms with Crippen molar-refractivity contribution in [1.29, 1.82) is 0 Å². The number of rotatable bonds is 5. The molecule has 174 valence electrons. The van der Waals surface area contributed by atoms with Gasteiger partial charge in [0.1, 0.15) is 4.83 Å². The monoisotopic (exact) mass is 483 g/mol. The fraction of sp³-hybridized carbons (Fsp3) is 0.115. The summed E-state index contributed by atoms with van der Waals surface area (Å²) in [7, 11) is 0. The van der Waals surface area contributed by atoms with E-state index in [1.165, 1.54) is 17.8 Å². The topological polar surface area (TPSA) is 121 Å². The number of benzene rings is 2. The Kier molecular flexibility index (Phi) is 5.62. The first kappa shape index (κ1) is 22.4. The molecule has 2 N–H and O–H groups in total. The molecule has 5 rings (SSSR count). The van der Waals surface area contributed by atoms with Crippen LogP contribution in [0.4, 0.5) is 11.6 Å². The van der Waals surface area contributed by atoms with Crippen LogP contribution in [0, 0.1) is 13.8 Å². The first-order valence-corrected chi connectivity index (χ1v) is 11.7. The van der Waals surface area contributed by atoms with E-state index >= 15 is 0 Å². The Morgan fingerprint density at radius 1 is 1.14 bits per heavy atom. The quantitative estimate of drug-likeness (QED) is 0.174. The maximum absolute atomic E-state index is 13.1. The number of thiophene rings is 1. The smallest absolute Gasteiger partial charge is 0.321 e. The summed E-state index contributed by atoms with van der Waals surface area (Å²) < 4.78 is 6.72. The number of pyridine rings is 1. The number of aromatic nitrogens is 3. The molecule has 0 atom stereocenters. The van der Waals surface area contributed by atoms with Gasteiger partial charge in [-0.25, -0.2) is 9.98 Å². The lowest BCUT2D eigenvalue weighted by atomic mass is 9.92. The molecular weight excluding hydrogens is 462 g/mol. The number of aryl methyl sites for hydroxylation is 2. The summed E-state index contributed by atoms with van der Waals surface area (Å²) in [4.78, 5) is 22.1. The number of nitrogens with zero attached hydrogens (tertiary/aromatic N) is 4. The van der Waals surface area contributed by atoms with Crippen molar-refractivity contribution in [3.8, 4) is 16.8 Å². The average Bonchev–Trinajstić information content (AvgIpc) is 3.43. The van der Waals surface area contributed by atoms with Crippen LogP contribution in [0.25, 0.3) is 27.0 Å². The third-order valence-electron chi connectivity index (χ3n) is 5.60. The molecule has 3 aromatic heterocycles. The molecule has 0 unspecified atom stereocenters. The Bertz CT molecular complexity index is 1620. The van der Waals surface area contributed by atoms with E-state index in [9.17, 15) is 9.90 Å². The van der Waals surface area contributed by atoms with Gasteiger partial charge in [0.25, 0.3) is 6.20 Å². The molecule has 0 fully saturated rings. The van der Waals surface area contributed by atoms with Crippen LogP contribution in [0.1, 0.15) is 33.4 Å². The molecule has 3 heterocycles. The Balaban J connectivity index is 1.66. The number of aliphatic imine (C=N–C) groups is 1. The number of nitrogens with two attached hydrogens (primary N) is 1. The fourth-order valence-corrected chi connectivity index (χ4v) is 5.12. The van der Waals surface area contributed by atoms with Crippen molar-refractivity contribution in [1.82, 2.24) is 10.3 Å². The third kappa shape index (κ3) is 4.06. The van der Waals surface area contributed by atoms with Crippen molar-refractivity contribution in [2.24, 2.45) is 4.99 Å². The SMILES string of the molecule is CC(=O)c1c(C)nc2sc(/C([O-])=N/c3c[n+](-c4ccccc4)no3)c(N)c2c1-c1cccc(C)c1. The summed E-state index contributed by atoms with van der Waals surface area (Å²) >= 11 is 1.14. The van der Waals surface area contributed by atoms with Crippen LogP contribution in [-0.4, -0.2) is 21.9 Å². The number of para-hydroxylation sites is 1. The highest BCUT2D eigenvalue weighted by atomic mass is 32.1. The number of carbonyl (C=O) groups excluding carboxylic acids is 1. The van der Waals surface area contributed by atoms with E-state index in [1.54, 1.807) is 6.92 Å². The Hall–Kier alpha value is -4.37. The number of nitrogen functional groups attached to an aromatic ring is 1. The van der Waals surface area contributed by atoms with E-state index in [-0.39, 0.29) is 22.2 Å². The molecule has 0 saturated carbocycles. The summed E-state index contributed by atoms with van der Waals surface area (Å²) in [5.74, 6) is -0.647. The molecule has 0 aliphatic heterocycles. The van der Waals surface area contributed by atoms with E-state index in [0.717, 1.165) is 28.2 Å². The van der Waals surface area contributed by atoms with Crippen molar-refractivity contribution in [3.63, 3.8) is 0 Å². The summed E-state index contributed by atoms with van der Waals surface area (Å²) in [5.41, 5.74) is 11.1.